The van der Waals surface area contributed by atoms with E-state index < -0.39 is 0 Å². The highest BCUT2D eigenvalue weighted by molar-refractivity contribution is 7.16. The molecule has 0 aliphatic carbocycles. The second kappa shape index (κ2) is 5.23. The van der Waals surface area contributed by atoms with Crippen molar-refractivity contribution in [3.05, 3.63) is 0 Å². The Morgan fingerprint density at radius 2 is 1.89 bits per heavy atom. The molecule has 2 atom stereocenters. The highest BCUT2D eigenvalue weighted by Crippen LogP contribution is 2.16. The van der Waals surface area contributed by atoms with Crippen LogP contribution < -0.4 is 0 Å². The zero-order valence-electron chi connectivity index (χ0n) is 6.85. The molecule has 9 heavy (non-hydrogen) atoms. The lowest BCUT2D eigenvalue weighted by Gasteiger charge is -2.13. The van der Waals surface area contributed by atoms with Gasteiger partial charge in [0, 0.05) is 0 Å². The van der Waals surface area contributed by atoms with E-state index in [1.54, 1.807) is 0 Å². The Labute approximate surface area is 61.6 Å². The van der Waals surface area contributed by atoms with Gasteiger partial charge < -0.3 is 0 Å². The van der Waals surface area contributed by atoms with E-state index in [1.165, 1.54) is 19.0 Å². The van der Waals surface area contributed by atoms with Gasteiger partial charge in [0.15, 0.2) is 0 Å². The van der Waals surface area contributed by atoms with Crippen LogP contribution in [0.25, 0.3) is 0 Å². The molecule has 1 heteroatoms. The van der Waals surface area contributed by atoms with E-state index in [-0.39, 0.29) is 0 Å². The second-order valence-electron chi connectivity index (χ2n) is 3.14. The fourth-order valence-corrected chi connectivity index (χ4v) is 1.62. The molecule has 0 heterocycles. The van der Waals surface area contributed by atoms with Gasteiger partial charge in [-0.1, -0.05) is 27.2 Å². The maximum absolute atomic E-state index is 2.83. The average Bonchev–Trinajstić information content (AvgIpc) is 1.82. The van der Waals surface area contributed by atoms with Crippen LogP contribution in [0, 0.1) is 11.8 Å². The van der Waals surface area contributed by atoms with E-state index >= 15 is 0 Å². The molecule has 0 aliphatic heterocycles. The van der Waals surface area contributed by atoms with Crippen molar-refractivity contribution in [1.29, 1.82) is 0 Å². The summed E-state index contributed by atoms with van der Waals surface area (Å²) in [6.45, 7) is 6.86. The van der Waals surface area contributed by atoms with E-state index in [9.17, 15) is 0 Å². The first kappa shape index (κ1) is 9.43. The third kappa shape index (κ3) is 4.90. The van der Waals surface area contributed by atoms with Crippen molar-refractivity contribution in [3.8, 4) is 0 Å². The predicted molar refractivity (Wildman–Crippen MR) is 47.8 cm³/mol. The summed E-state index contributed by atoms with van der Waals surface area (Å²) in [5, 5.41) is 0. The number of rotatable bonds is 4. The van der Waals surface area contributed by atoms with E-state index in [0.717, 1.165) is 11.8 Å². The zero-order chi connectivity index (χ0) is 7.28. The molecule has 2 unspecified atom stereocenters. The van der Waals surface area contributed by atoms with Gasteiger partial charge in [0.2, 0.25) is 0 Å². The summed E-state index contributed by atoms with van der Waals surface area (Å²) in [4.78, 5) is 0. The minimum Gasteiger partial charge on any atom is -0.137 e. The van der Waals surface area contributed by atoms with Gasteiger partial charge >= 0.3 is 0 Å². The van der Waals surface area contributed by atoms with Crippen molar-refractivity contribution in [2.24, 2.45) is 11.8 Å². The Balaban J connectivity index is 3.31. The fraction of sp³-hybridized carbons (Fsp3) is 1.00. The molecule has 0 spiro atoms. The van der Waals surface area contributed by atoms with Gasteiger partial charge in [-0.3, -0.25) is 0 Å². The lowest BCUT2D eigenvalue weighted by molar-refractivity contribution is 0.435. The second-order valence-corrected chi connectivity index (χ2v) is 3.61. The number of hydrogen-bond donors (Lipinski definition) is 0. The predicted octanol–water partition coefficient (Wildman–Crippen LogP) is 2.93. The normalized spacial score (nSPS) is 14.3. The SMILES string of the molecule is CCC(CP)CC(C)C. The Morgan fingerprint density at radius 3 is 2.00 bits per heavy atom. The third-order valence-corrected chi connectivity index (χ3v) is 2.38. The molecule has 0 N–H and O–H groups in total. The van der Waals surface area contributed by atoms with E-state index in [0.29, 0.717) is 0 Å². The van der Waals surface area contributed by atoms with Crippen molar-refractivity contribution in [2.45, 2.75) is 33.6 Å². The smallest absolute Gasteiger partial charge is 0.0353 e. The highest BCUT2D eigenvalue weighted by atomic mass is 31.0. The van der Waals surface area contributed by atoms with Crippen LogP contribution in [-0.2, 0) is 0 Å². The van der Waals surface area contributed by atoms with Crippen LogP contribution in [0.5, 0.6) is 0 Å². The lowest BCUT2D eigenvalue weighted by Crippen LogP contribution is -2.03. The zero-order valence-corrected chi connectivity index (χ0v) is 8.01. The van der Waals surface area contributed by atoms with Gasteiger partial charge in [0.05, 0.1) is 0 Å². The summed E-state index contributed by atoms with van der Waals surface area (Å²) in [6.07, 6.45) is 4.00. The Bertz CT molecular complexity index is 55.6. The van der Waals surface area contributed by atoms with Crippen LogP contribution >= 0.6 is 9.24 Å². The van der Waals surface area contributed by atoms with Gasteiger partial charge in [-0.2, -0.15) is 0 Å². The Morgan fingerprint density at radius 1 is 1.33 bits per heavy atom. The Hall–Kier alpha value is 0.430. The van der Waals surface area contributed by atoms with Gasteiger partial charge in [-0.25, -0.2) is 0 Å². The molecule has 0 aromatic heterocycles. The summed E-state index contributed by atoms with van der Waals surface area (Å²) in [5.74, 6) is 1.81. The highest BCUT2D eigenvalue weighted by Gasteiger charge is 2.04. The molecule has 56 valence electrons. The molecule has 0 amide bonds. The summed E-state index contributed by atoms with van der Waals surface area (Å²) in [5.41, 5.74) is 0. The van der Waals surface area contributed by atoms with E-state index in [4.69, 9.17) is 0 Å². The molecular weight excluding hydrogens is 127 g/mol. The van der Waals surface area contributed by atoms with Crippen molar-refractivity contribution in [2.75, 3.05) is 6.16 Å². The van der Waals surface area contributed by atoms with E-state index in [1.807, 2.05) is 0 Å². The first-order valence-corrected chi connectivity index (χ1v) is 4.72. The molecule has 0 aliphatic rings. The van der Waals surface area contributed by atoms with Crippen LogP contribution in [0.1, 0.15) is 33.6 Å². The van der Waals surface area contributed by atoms with Crippen LogP contribution in [0.15, 0.2) is 0 Å². The van der Waals surface area contributed by atoms with Crippen LogP contribution in [0.4, 0.5) is 0 Å². The van der Waals surface area contributed by atoms with Gasteiger partial charge in [0.25, 0.3) is 0 Å². The molecule has 0 saturated heterocycles. The minimum atomic E-state index is 0.871. The van der Waals surface area contributed by atoms with Gasteiger partial charge in [0.1, 0.15) is 0 Å². The van der Waals surface area contributed by atoms with Crippen molar-refractivity contribution < 1.29 is 0 Å². The van der Waals surface area contributed by atoms with Crippen molar-refractivity contribution >= 4 is 9.24 Å². The summed E-state index contributed by atoms with van der Waals surface area (Å²) >= 11 is 0. The summed E-state index contributed by atoms with van der Waals surface area (Å²) in [7, 11) is 2.83. The van der Waals surface area contributed by atoms with Crippen LogP contribution in [-0.4, -0.2) is 6.16 Å². The maximum Gasteiger partial charge on any atom is -0.0353 e. The maximum atomic E-state index is 2.83. The monoisotopic (exact) mass is 146 g/mol. The standard InChI is InChI=1S/C8H19P/c1-4-8(6-9)5-7(2)3/h7-8H,4-6,9H2,1-3H3. The van der Waals surface area contributed by atoms with Gasteiger partial charge in [-0.05, 0) is 24.4 Å². The fourth-order valence-electron chi connectivity index (χ4n) is 1.10. The van der Waals surface area contributed by atoms with Crippen molar-refractivity contribution in [1.82, 2.24) is 0 Å². The number of hydrogen-bond acceptors (Lipinski definition) is 0. The first-order chi connectivity index (χ1) is 4.20. The lowest BCUT2D eigenvalue weighted by atomic mass is 9.97. The summed E-state index contributed by atoms with van der Waals surface area (Å²) in [6, 6.07) is 0. The van der Waals surface area contributed by atoms with Gasteiger partial charge in [-0.15, -0.1) is 9.24 Å². The molecule has 0 radical (unpaired) electrons. The molecule has 0 fully saturated rings. The molecule has 0 aromatic rings. The minimum absolute atomic E-state index is 0.871. The van der Waals surface area contributed by atoms with Crippen LogP contribution in [0.2, 0.25) is 0 Å². The molecular formula is C8H19P. The quantitative estimate of drug-likeness (QED) is 0.535. The molecule has 0 saturated carbocycles. The molecule has 0 nitrogen and oxygen atoms in total. The average molecular weight is 146 g/mol. The molecule has 0 bridgehead atoms. The van der Waals surface area contributed by atoms with Crippen LogP contribution in [0.3, 0.4) is 0 Å². The molecule has 0 aromatic carbocycles. The Kier molecular flexibility index (Phi) is 5.48. The largest absolute Gasteiger partial charge is 0.137 e. The topological polar surface area (TPSA) is 0 Å². The van der Waals surface area contributed by atoms with Crippen molar-refractivity contribution in [3.63, 3.8) is 0 Å². The third-order valence-electron chi connectivity index (χ3n) is 1.72. The molecule has 0 rings (SSSR count). The summed E-state index contributed by atoms with van der Waals surface area (Å²) < 4.78 is 0. The first-order valence-electron chi connectivity index (χ1n) is 3.90. The van der Waals surface area contributed by atoms with E-state index in [2.05, 4.69) is 30.0 Å².